The molecule has 4 rings (SSSR count). The van der Waals surface area contributed by atoms with E-state index in [0.29, 0.717) is 14.5 Å². The first-order valence-electron chi connectivity index (χ1n) is 7.01. The zero-order valence-electron chi connectivity index (χ0n) is 12.1. The van der Waals surface area contributed by atoms with Crippen LogP contribution in [-0.2, 0) is 7.05 Å². The van der Waals surface area contributed by atoms with Crippen LogP contribution in [0.1, 0.15) is 5.56 Å². The third-order valence-corrected chi connectivity index (χ3v) is 5.79. The second kappa shape index (κ2) is 4.80. The van der Waals surface area contributed by atoms with Crippen molar-refractivity contribution in [1.82, 2.24) is 0 Å². The number of rotatable bonds is 1. The summed E-state index contributed by atoms with van der Waals surface area (Å²) in [5.41, 5.74) is 5.16. The fourth-order valence-electron chi connectivity index (χ4n) is 2.93. The van der Waals surface area contributed by atoms with Crippen molar-refractivity contribution in [3.8, 4) is 11.3 Å². The molecule has 3 heteroatoms. The minimum atomic E-state index is 0.449. The first kappa shape index (κ1) is 12.8. The summed E-state index contributed by atoms with van der Waals surface area (Å²) in [7, 11) is 2.12. The molecule has 0 saturated carbocycles. The fraction of sp³-hybridized carbons (Fsp3) is 0.111. The molecule has 2 heterocycles. The van der Waals surface area contributed by atoms with Crippen molar-refractivity contribution in [2.45, 2.75) is 6.92 Å². The summed E-state index contributed by atoms with van der Waals surface area (Å²) in [5, 5.41) is 8.24. The number of aryl methyl sites for hydroxylation is 2. The van der Waals surface area contributed by atoms with Gasteiger partial charge in [0, 0.05) is 0 Å². The maximum absolute atomic E-state index is 3.45. The van der Waals surface area contributed by atoms with Crippen molar-refractivity contribution in [3.63, 3.8) is 0 Å². The van der Waals surface area contributed by atoms with Gasteiger partial charge in [0.2, 0.25) is 0 Å². The van der Waals surface area contributed by atoms with E-state index < -0.39 is 0 Å². The molecule has 3 aromatic rings. The summed E-state index contributed by atoms with van der Waals surface area (Å²) in [6, 6.07) is 15.4. The first-order valence-corrected chi connectivity index (χ1v) is 8.86. The van der Waals surface area contributed by atoms with Crippen LogP contribution in [0.2, 0.25) is 0 Å². The molecule has 1 aromatic heterocycles. The topological polar surface area (TPSA) is 15.9 Å². The number of benzene rings is 2. The standard InChI is InChI=1S/C18H15N2Se/c1-12-5-3-4-6-14(12)16-9-15-13(10-20(16)2)7-8-17-18(15)19-11-21-17/h3-11H,1-2H3/p+1. The van der Waals surface area contributed by atoms with Gasteiger partial charge in [0.15, 0.2) is 0 Å². The Kier molecular flexibility index (Phi) is 2.91. The van der Waals surface area contributed by atoms with Crippen LogP contribution < -0.4 is 14.3 Å². The molecule has 0 bridgehead atoms. The second-order valence-corrected chi connectivity index (χ2v) is 7.32. The summed E-state index contributed by atoms with van der Waals surface area (Å²) in [5.74, 6) is 0. The van der Waals surface area contributed by atoms with Crippen LogP contribution in [0.5, 0.6) is 0 Å². The molecule has 1 aliphatic heterocycles. The number of anilines is 1. The number of nitrogens with one attached hydrogen (secondary N) is 1. The van der Waals surface area contributed by atoms with E-state index in [2.05, 4.69) is 77.6 Å². The van der Waals surface area contributed by atoms with Gasteiger partial charge in [-0.15, -0.1) is 0 Å². The number of hydrogen-bond acceptors (Lipinski definition) is 1. The number of aromatic nitrogens is 1. The summed E-state index contributed by atoms with van der Waals surface area (Å²) in [6.45, 7) is 2.17. The summed E-state index contributed by atoms with van der Waals surface area (Å²) in [4.78, 5) is 0. The molecule has 0 atom stereocenters. The molecular weight excluding hydrogens is 323 g/mol. The van der Waals surface area contributed by atoms with E-state index in [0.717, 1.165) is 0 Å². The van der Waals surface area contributed by atoms with E-state index in [1.807, 2.05) is 0 Å². The van der Waals surface area contributed by atoms with Crippen LogP contribution in [0.3, 0.4) is 0 Å². The van der Waals surface area contributed by atoms with E-state index in [-0.39, 0.29) is 0 Å². The molecule has 1 aliphatic rings. The molecule has 21 heavy (non-hydrogen) atoms. The number of pyridine rings is 1. The predicted molar refractivity (Wildman–Crippen MR) is 90.4 cm³/mol. The molecule has 2 aromatic carbocycles. The van der Waals surface area contributed by atoms with Crippen LogP contribution >= 0.6 is 0 Å². The van der Waals surface area contributed by atoms with E-state index in [1.165, 1.54) is 37.7 Å². The van der Waals surface area contributed by atoms with Gasteiger partial charge in [-0.05, 0) is 0 Å². The van der Waals surface area contributed by atoms with Crippen LogP contribution in [-0.4, -0.2) is 19.6 Å². The van der Waals surface area contributed by atoms with Crippen molar-refractivity contribution in [1.29, 1.82) is 0 Å². The molecule has 0 aliphatic carbocycles. The molecular formula is C18H16N2Se+. The third-order valence-electron chi connectivity index (χ3n) is 4.04. The third kappa shape index (κ3) is 2.01. The quantitative estimate of drug-likeness (QED) is 0.531. The van der Waals surface area contributed by atoms with Crippen molar-refractivity contribution >= 4 is 40.5 Å². The Morgan fingerprint density at radius 1 is 1.10 bits per heavy atom. The van der Waals surface area contributed by atoms with Gasteiger partial charge in [0.05, 0.1) is 0 Å². The molecule has 103 valence electrons. The van der Waals surface area contributed by atoms with Gasteiger partial charge in [0.1, 0.15) is 0 Å². The van der Waals surface area contributed by atoms with Gasteiger partial charge in [-0.3, -0.25) is 0 Å². The van der Waals surface area contributed by atoms with Gasteiger partial charge < -0.3 is 0 Å². The summed E-state index contributed by atoms with van der Waals surface area (Å²) < 4.78 is 3.67. The minimum absolute atomic E-state index is 0.449. The second-order valence-electron chi connectivity index (χ2n) is 5.41. The van der Waals surface area contributed by atoms with Crippen molar-refractivity contribution in [2.24, 2.45) is 7.05 Å². The molecule has 1 N–H and O–H groups in total. The Hall–Kier alpha value is -1.96. The Labute approximate surface area is 130 Å². The summed E-state index contributed by atoms with van der Waals surface area (Å²) in [6.07, 6.45) is 2.23. The monoisotopic (exact) mass is 340 g/mol. The van der Waals surface area contributed by atoms with Crippen molar-refractivity contribution in [2.75, 3.05) is 5.32 Å². The van der Waals surface area contributed by atoms with Crippen LogP contribution in [0, 0.1) is 6.92 Å². The molecule has 0 spiro atoms. The molecule has 0 unspecified atom stereocenters. The van der Waals surface area contributed by atoms with E-state index in [4.69, 9.17) is 0 Å². The van der Waals surface area contributed by atoms with Crippen molar-refractivity contribution in [3.05, 3.63) is 54.2 Å². The average molecular weight is 339 g/mol. The molecule has 0 amide bonds. The van der Waals surface area contributed by atoms with Gasteiger partial charge in [-0.2, -0.15) is 0 Å². The van der Waals surface area contributed by atoms with Crippen LogP contribution in [0.15, 0.2) is 48.7 Å². The van der Waals surface area contributed by atoms with Gasteiger partial charge in [-0.1, -0.05) is 0 Å². The summed E-state index contributed by atoms with van der Waals surface area (Å²) >= 11 is 0.449. The zero-order valence-corrected chi connectivity index (χ0v) is 13.8. The average Bonchev–Trinajstić information content (AvgIpc) is 2.96. The molecule has 0 fully saturated rings. The van der Waals surface area contributed by atoms with Crippen molar-refractivity contribution < 1.29 is 4.57 Å². The zero-order chi connectivity index (χ0) is 14.4. The van der Waals surface area contributed by atoms with Crippen LogP contribution in [0.25, 0.3) is 22.0 Å². The maximum atomic E-state index is 3.45. The number of hydrogen-bond donors (Lipinski definition) is 1. The Morgan fingerprint density at radius 2 is 1.95 bits per heavy atom. The van der Waals surface area contributed by atoms with Gasteiger partial charge in [0.25, 0.3) is 0 Å². The van der Waals surface area contributed by atoms with Crippen LogP contribution in [0.4, 0.5) is 5.69 Å². The molecule has 2 nitrogen and oxygen atoms in total. The Morgan fingerprint density at radius 3 is 2.81 bits per heavy atom. The van der Waals surface area contributed by atoms with E-state index in [9.17, 15) is 0 Å². The van der Waals surface area contributed by atoms with E-state index >= 15 is 0 Å². The predicted octanol–water partition coefficient (Wildman–Crippen LogP) is 2.15. The Bertz CT molecular complexity index is 897. The first-order chi connectivity index (χ1) is 10.2. The molecule has 1 radical (unpaired) electrons. The normalized spacial score (nSPS) is 12.5. The Balaban J connectivity index is 2.03. The fourth-order valence-corrected chi connectivity index (χ4v) is 4.47. The SMILES string of the molecule is Cc1ccccc1-c1cc2c3c(ccc2c[n+]1C)[Se]=CN3. The van der Waals surface area contributed by atoms with Gasteiger partial charge in [-0.25, -0.2) is 0 Å². The molecule has 0 saturated heterocycles. The van der Waals surface area contributed by atoms with Gasteiger partial charge >= 0.3 is 130 Å². The number of nitrogens with zero attached hydrogens (tertiary/aromatic N) is 1. The van der Waals surface area contributed by atoms with E-state index in [1.54, 1.807) is 0 Å². The number of fused-ring (bicyclic) bond motifs is 3.